The second-order valence-electron chi connectivity index (χ2n) is 6.92. The van der Waals surface area contributed by atoms with E-state index in [1.807, 2.05) is 7.05 Å². The van der Waals surface area contributed by atoms with Crippen LogP contribution in [0.2, 0.25) is 10.0 Å². The molecule has 0 radical (unpaired) electrons. The number of ether oxygens (including phenoxy) is 2. The first-order chi connectivity index (χ1) is 14.4. The minimum atomic E-state index is -0.423. The van der Waals surface area contributed by atoms with Crippen LogP contribution < -0.4 is 14.8 Å². The van der Waals surface area contributed by atoms with E-state index in [-0.39, 0.29) is 12.5 Å². The molecule has 1 fully saturated rings. The third kappa shape index (κ3) is 5.56. The maximum absolute atomic E-state index is 12.8. The number of benzene rings is 2. The predicted molar refractivity (Wildman–Crippen MR) is 117 cm³/mol. The zero-order chi connectivity index (χ0) is 21.7. The molecule has 1 saturated heterocycles. The molecule has 1 heterocycles. The maximum Gasteiger partial charge on any atom is 0.262 e. The fourth-order valence-electron chi connectivity index (χ4n) is 3.05. The first kappa shape index (κ1) is 22.2. The summed E-state index contributed by atoms with van der Waals surface area (Å²) in [5, 5.41) is 3.53. The number of piperazine rings is 1. The molecule has 30 heavy (non-hydrogen) atoms. The Morgan fingerprint density at radius 2 is 1.77 bits per heavy atom. The molecule has 1 N–H and O–H groups in total. The molecule has 0 spiro atoms. The minimum absolute atomic E-state index is 0.0804. The number of methoxy groups -OCH3 is 1. The number of carbonyl (C=O) groups excluding carboxylic acids is 2. The molecule has 2 aromatic rings. The van der Waals surface area contributed by atoms with Crippen LogP contribution in [0.5, 0.6) is 11.5 Å². The van der Waals surface area contributed by atoms with Crippen LogP contribution in [0.4, 0.5) is 5.69 Å². The minimum Gasteiger partial charge on any atom is -0.495 e. The number of hydrogen-bond acceptors (Lipinski definition) is 5. The Bertz CT molecular complexity index is 930. The summed E-state index contributed by atoms with van der Waals surface area (Å²) in [5.41, 5.74) is 0.873. The zero-order valence-electron chi connectivity index (χ0n) is 16.8. The number of nitrogens with one attached hydrogen (secondary N) is 1. The molecule has 9 heteroatoms. The zero-order valence-corrected chi connectivity index (χ0v) is 18.3. The molecule has 0 aliphatic carbocycles. The van der Waals surface area contributed by atoms with Gasteiger partial charge in [0, 0.05) is 42.8 Å². The highest BCUT2D eigenvalue weighted by Gasteiger charge is 2.21. The van der Waals surface area contributed by atoms with Crippen molar-refractivity contribution in [3.8, 4) is 11.5 Å². The van der Waals surface area contributed by atoms with Crippen molar-refractivity contribution in [2.45, 2.75) is 0 Å². The Balaban J connectivity index is 1.68. The molecule has 0 saturated carbocycles. The summed E-state index contributed by atoms with van der Waals surface area (Å²) in [5.74, 6) is 0.251. The van der Waals surface area contributed by atoms with Crippen LogP contribution in [0.15, 0.2) is 36.4 Å². The van der Waals surface area contributed by atoms with Crippen molar-refractivity contribution in [2.75, 3.05) is 52.3 Å². The van der Waals surface area contributed by atoms with Crippen LogP contribution in [0.25, 0.3) is 0 Å². The highest BCUT2D eigenvalue weighted by atomic mass is 35.5. The van der Waals surface area contributed by atoms with Crippen LogP contribution in [0, 0.1) is 0 Å². The first-order valence-electron chi connectivity index (χ1n) is 9.41. The van der Waals surface area contributed by atoms with Crippen LogP contribution in [-0.4, -0.2) is 68.6 Å². The Kier molecular flexibility index (Phi) is 7.42. The van der Waals surface area contributed by atoms with E-state index in [4.69, 9.17) is 32.7 Å². The van der Waals surface area contributed by atoms with Gasteiger partial charge in [-0.1, -0.05) is 23.2 Å². The normalized spacial score (nSPS) is 14.3. The Morgan fingerprint density at radius 1 is 1.03 bits per heavy atom. The van der Waals surface area contributed by atoms with Gasteiger partial charge in [-0.15, -0.1) is 0 Å². The van der Waals surface area contributed by atoms with E-state index in [0.29, 0.717) is 45.9 Å². The van der Waals surface area contributed by atoms with Crippen LogP contribution in [0.3, 0.4) is 0 Å². The fraction of sp³-hybridized carbons (Fsp3) is 0.333. The van der Waals surface area contributed by atoms with Crippen molar-refractivity contribution < 1.29 is 19.1 Å². The highest BCUT2D eigenvalue weighted by molar-refractivity contribution is 6.34. The maximum atomic E-state index is 12.8. The summed E-state index contributed by atoms with van der Waals surface area (Å²) in [4.78, 5) is 29.2. The van der Waals surface area contributed by atoms with E-state index in [9.17, 15) is 9.59 Å². The molecule has 3 rings (SSSR count). The van der Waals surface area contributed by atoms with E-state index in [1.54, 1.807) is 35.2 Å². The number of rotatable bonds is 6. The van der Waals surface area contributed by atoms with Gasteiger partial charge >= 0.3 is 0 Å². The standard InChI is InChI=1S/C21H23Cl2N3O4/c1-25-7-9-26(10-8-25)21(28)14-3-6-18(29-2)17(11-14)24-20(27)13-30-19-12-15(22)4-5-16(19)23/h3-6,11-12H,7-10,13H2,1-2H3,(H,24,27). The lowest BCUT2D eigenvalue weighted by molar-refractivity contribution is -0.118. The Labute approximate surface area is 185 Å². The van der Waals surface area contributed by atoms with E-state index in [1.165, 1.54) is 13.2 Å². The molecule has 1 aliphatic rings. The van der Waals surface area contributed by atoms with E-state index in [0.717, 1.165) is 13.1 Å². The van der Waals surface area contributed by atoms with Crippen LogP contribution in [-0.2, 0) is 4.79 Å². The van der Waals surface area contributed by atoms with Gasteiger partial charge in [-0.2, -0.15) is 0 Å². The van der Waals surface area contributed by atoms with Gasteiger partial charge < -0.3 is 24.6 Å². The van der Waals surface area contributed by atoms with Crippen LogP contribution in [0.1, 0.15) is 10.4 Å². The molecular formula is C21H23Cl2N3O4. The monoisotopic (exact) mass is 451 g/mol. The van der Waals surface area contributed by atoms with E-state index >= 15 is 0 Å². The van der Waals surface area contributed by atoms with Crippen molar-refractivity contribution in [3.05, 3.63) is 52.0 Å². The molecule has 0 aromatic heterocycles. The van der Waals surface area contributed by atoms with Gasteiger partial charge in [0.15, 0.2) is 6.61 Å². The van der Waals surface area contributed by atoms with Gasteiger partial charge in [0.25, 0.3) is 11.8 Å². The summed E-state index contributed by atoms with van der Waals surface area (Å²) < 4.78 is 10.8. The molecule has 0 atom stereocenters. The number of likely N-dealkylation sites (N-methyl/N-ethyl adjacent to an activating group) is 1. The van der Waals surface area contributed by atoms with Gasteiger partial charge in [0.05, 0.1) is 17.8 Å². The Morgan fingerprint density at radius 3 is 2.47 bits per heavy atom. The van der Waals surface area contributed by atoms with Gasteiger partial charge in [0.2, 0.25) is 0 Å². The summed E-state index contributed by atoms with van der Waals surface area (Å²) >= 11 is 12.0. The van der Waals surface area contributed by atoms with Crippen molar-refractivity contribution >= 4 is 40.7 Å². The molecule has 2 amide bonds. The third-order valence-electron chi connectivity index (χ3n) is 4.76. The summed E-state index contributed by atoms with van der Waals surface area (Å²) in [6.45, 7) is 2.71. The van der Waals surface area contributed by atoms with E-state index < -0.39 is 5.91 Å². The molecule has 0 bridgehead atoms. The lowest BCUT2D eigenvalue weighted by Gasteiger charge is -2.32. The van der Waals surface area contributed by atoms with Crippen LogP contribution >= 0.6 is 23.2 Å². The molecule has 160 valence electrons. The number of hydrogen-bond donors (Lipinski definition) is 1. The summed E-state index contributed by atoms with van der Waals surface area (Å²) in [7, 11) is 3.52. The number of anilines is 1. The molecule has 1 aliphatic heterocycles. The number of nitrogens with zero attached hydrogens (tertiary/aromatic N) is 2. The van der Waals surface area contributed by atoms with E-state index in [2.05, 4.69) is 10.2 Å². The number of amides is 2. The summed E-state index contributed by atoms with van der Waals surface area (Å²) in [6.07, 6.45) is 0. The third-order valence-corrected chi connectivity index (χ3v) is 5.31. The SMILES string of the molecule is COc1ccc(C(=O)N2CCN(C)CC2)cc1NC(=O)COc1cc(Cl)ccc1Cl. The second-order valence-corrected chi connectivity index (χ2v) is 7.77. The van der Waals surface area contributed by atoms with Gasteiger partial charge in [-0.3, -0.25) is 9.59 Å². The predicted octanol–water partition coefficient (Wildman–Crippen LogP) is 3.41. The molecule has 2 aromatic carbocycles. The Hall–Kier alpha value is -2.48. The molecule has 0 unspecified atom stereocenters. The fourth-order valence-corrected chi connectivity index (χ4v) is 3.38. The van der Waals surface area contributed by atoms with Crippen molar-refractivity contribution in [3.63, 3.8) is 0 Å². The average Bonchev–Trinajstić information content (AvgIpc) is 2.74. The van der Waals surface area contributed by atoms with Crippen molar-refractivity contribution in [1.82, 2.24) is 9.80 Å². The highest BCUT2D eigenvalue weighted by Crippen LogP contribution is 2.29. The summed E-state index contributed by atoms with van der Waals surface area (Å²) in [6, 6.07) is 9.72. The van der Waals surface area contributed by atoms with Gasteiger partial charge in [-0.25, -0.2) is 0 Å². The average molecular weight is 452 g/mol. The number of halogens is 2. The second kappa shape index (κ2) is 10.0. The smallest absolute Gasteiger partial charge is 0.262 e. The molecular weight excluding hydrogens is 429 g/mol. The lowest BCUT2D eigenvalue weighted by Crippen LogP contribution is -2.47. The molecule has 7 nitrogen and oxygen atoms in total. The van der Waals surface area contributed by atoms with Crippen molar-refractivity contribution in [2.24, 2.45) is 0 Å². The van der Waals surface area contributed by atoms with Crippen molar-refractivity contribution in [1.29, 1.82) is 0 Å². The quantitative estimate of drug-likeness (QED) is 0.728. The van der Waals surface area contributed by atoms with Gasteiger partial charge in [0.1, 0.15) is 11.5 Å². The van der Waals surface area contributed by atoms with Gasteiger partial charge in [-0.05, 0) is 37.4 Å². The number of carbonyl (C=O) groups is 2. The largest absolute Gasteiger partial charge is 0.495 e. The first-order valence-corrected chi connectivity index (χ1v) is 10.2. The lowest BCUT2D eigenvalue weighted by atomic mass is 10.1. The topological polar surface area (TPSA) is 71.1 Å².